The fourth-order valence-electron chi connectivity index (χ4n) is 1.95. The Hall–Kier alpha value is -1.93. The number of aliphatic hydroxyl groups is 1. The first-order valence-electron chi connectivity index (χ1n) is 5.47. The molecule has 1 aliphatic rings. The third-order valence-corrected chi connectivity index (χ3v) is 2.88. The monoisotopic (exact) mass is 231 g/mol. The summed E-state index contributed by atoms with van der Waals surface area (Å²) >= 11 is 0. The van der Waals surface area contributed by atoms with Gasteiger partial charge in [0.2, 0.25) is 0 Å². The van der Waals surface area contributed by atoms with Crippen LogP contribution in [0.3, 0.4) is 0 Å². The number of hydrogen-bond acceptors (Lipinski definition) is 4. The van der Waals surface area contributed by atoms with E-state index in [9.17, 15) is 9.90 Å². The molecule has 0 bridgehead atoms. The summed E-state index contributed by atoms with van der Waals surface area (Å²) in [6, 6.07) is 5.09. The van der Waals surface area contributed by atoms with Gasteiger partial charge in [0.05, 0.1) is 17.4 Å². The Bertz CT molecular complexity index is 493. The van der Waals surface area contributed by atoms with E-state index < -0.39 is 6.10 Å². The predicted octanol–water partition coefficient (Wildman–Crippen LogP) is 0.468. The molecule has 0 radical (unpaired) electrons. The van der Waals surface area contributed by atoms with Crippen LogP contribution in [0, 0.1) is 18.3 Å². The number of aliphatic hydroxyl groups excluding tert-OH is 1. The predicted molar refractivity (Wildman–Crippen MR) is 60.2 cm³/mol. The van der Waals surface area contributed by atoms with Crippen molar-refractivity contribution in [1.29, 1.82) is 5.26 Å². The molecule has 0 aromatic carbocycles. The second kappa shape index (κ2) is 4.52. The Morgan fingerprint density at radius 1 is 1.65 bits per heavy atom. The summed E-state index contributed by atoms with van der Waals surface area (Å²) in [6.45, 7) is 2.65. The third-order valence-electron chi connectivity index (χ3n) is 2.88. The van der Waals surface area contributed by atoms with Crippen LogP contribution >= 0.6 is 0 Å². The van der Waals surface area contributed by atoms with Crippen LogP contribution in [-0.4, -0.2) is 40.1 Å². The summed E-state index contributed by atoms with van der Waals surface area (Å²) in [5.74, 6) is -0.129. The summed E-state index contributed by atoms with van der Waals surface area (Å²) in [6.07, 6.45) is 0.194. The Morgan fingerprint density at radius 3 is 2.94 bits per heavy atom. The van der Waals surface area contributed by atoms with Crippen LogP contribution in [0.2, 0.25) is 0 Å². The maximum Gasteiger partial charge on any atom is 0.255 e. The van der Waals surface area contributed by atoms with Crippen LogP contribution in [0.5, 0.6) is 0 Å². The molecule has 1 fully saturated rings. The number of hydrogen-bond donors (Lipinski definition) is 1. The van der Waals surface area contributed by atoms with E-state index in [1.807, 2.05) is 6.07 Å². The molecule has 88 valence electrons. The number of aryl methyl sites for hydroxylation is 1. The molecule has 1 aromatic rings. The summed E-state index contributed by atoms with van der Waals surface area (Å²) in [5, 5.41) is 18.1. The van der Waals surface area contributed by atoms with Crippen LogP contribution in [-0.2, 0) is 0 Å². The van der Waals surface area contributed by atoms with E-state index >= 15 is 0 Å². The Balaban J connectivity index is 2.23. The number of rotatable bonds is 1. The number of nitrogens with zero attached hydrogens (tertiary/aromatic N) is 3. The molecule has 2 heterocycles. The zero-order valence-electron chi connectivity index (χ0n) is 9.55. The molecule has 0 spiro atoms. The number of β-amino-alcohol motifs (C(OH)–C–C–N with tert-alkyl or cyclic N) is 1. The van der Waals surface area contributed by atoms with E-state index in [1.165, 1.54) is 6.07 Å². The van der Waals surface area contributed by atoms with Gasteiger partial charge in [0.1, 0.15) is 11.8 Å². The highest BCUT2D eigenvalue weighted by Crippen LogP contribution is 2.15. The average molecular weight is 231 g/mol. The van der Waals surface area contributed by atoms with Gasteiger partial charge in [-0.1, -0.05) is 0 Å². The third kappa shape index (κ3) is 2.27. The maximum atomic E-state index is 12.1. The molecular weight excluding hydrogens is 218 g/mol. The standard InChI is InChI=1S/C12H13N3O2/c1-8-11(3-2-9(6-13)14-8)12(17)15-5-4-10(16)7-15/h2-3,10,16H,4-5,7H2,1H3/t10-/m0/s1. The van der Waals surface area contributed by atoms with E-state index in [-0.39, 0.29) is 5.91 Å². The van der Waals surface area contributed by atoms with Gasteiger partial charge in [-0.2, -0.15) is 5.26 Å². The van der Waals surface area contributed by atoms with E-state index in [0.717, 1.165) is 0 Å². The van der Waals surface area contributed by atoms with E-state index in [1.54, 1.807) is 17.9 Å². The quantitative estimate of drug-likeness (QED) is 0.762. The van der Waals surface area contributed by atoms with Gasteiger partial charge in [0.15, 0.2) is 0 Å². The van der Waals surface area contributed by atoms with E-state index in [2.05, 4.69) is 4.98 Å². The van der Waals surface area contributed by atoms with Crippen molar-refractivity contribution >= 4 is 5.91 Å². The van der Waals surface area contributed by atoms with Crippen molar-refractivity contribution in [3.8, 4) is 6.07 Å². The highest BCUT2D eigenvalue weighted by Gasteiger charge is 2.26. The Kier molecular flexibility index (Phi) is 3.07. The van der Waals surface area contributed by atoms with Crippen molar-refractivity contribution < 1.29 is 9.90 Å². The molecule has 5 heteroatoms. The number of amides is 1. The topological polar surface area (TPSA) is 77.2 Å². The van der Waals surface area contributed by atoms with Crippen LogP contribution in [0.4, 0.5) is 0 Å². The van der Waals surface area contributed by atoms with Gasteiger partial charge in [-0.3, -0.25) is 4.79 Å². The second-order valence-corrected chi connectivity index (χ2v) is 4.13. The van der Waals surface area contributed by atoms with Gasteiger partial charge in [0.25, 0.3) is 5.91 Å². The van der Waals surface area contributed by atoms with Crippen molar-refractivity contribution in [3.05, 3.63) is 29.1 Å². The van der Waals surface area contributed by atoms with E-state index in [0.29, 0.717) is 36.5 Å². The van der Waals surface area contributed by atoms with Gasteiger partial charge in [-0.05, 0) is 25.5 Å². The number of pyridine rings is 1. The lowest BCUT2D eigenvalue weighted by atomic mass is 10.1. The average Bonchev–Trinajstić information content (AvgIpc) is 2.75. The second-order valence-electron chi connectivity index (χ2n) is 4.13. The molecule has 1 N–H and O–H groups in total. The van der Waals surface area contributed by atoms with Crippen LogP contribution < -0.4 is 0 Å². The zero-order valence-corrected chi connectivity index (χ0v) is 9.55. The molecule has 1 saturated heterocycles. The lowest BCUT2D eigenvalue weighted by Crippen LogP contribution is -2.30. The van der Waals surface area contributed by atoms with Gasteiger partial charge in [-0.25, -0.2) is 4.98 Å². The summed E-state index contributed by atoms with van der Waals surface area (Å²) in [4.78, 5) is 17.7. The number of nitriles is 1. The molecule has 0 unspecified atom stereocenters. The van der Waals surface area contributed by atoms with Gasteiger partial charge in [-0.15, -0.1) is 0 Å². The normalized spacial score (nSPS) is 19.1. The fraction of sp³-hybridized carbons (Fsp3) is 0.417. The lowest BCUT2D eigenvalue weighted by Gasteiger charge is -2.16. The van der Waals surface area contributed by atoms with Crippen molar-refractivity contribution in [2.75, 3.05) is 13.1 Å². The summed E-state index contributed by atoms with van der Waals surface area (Å²) < 4.78 is 0. The molecule has 5 nitrogen and oxygen atoms in total. The molecule has 0 saturated carbocycles. The smallest absolute Gasteiger partial charge is 0.255 e. The van der Waals surface area contributed by atoms with Crippen LogP contribution in [0.1, 0.15) is 28.2 Å². The first-order chi connectivity index (χ1) is 8.11. The van der Waals surface area contributed by atoms with Crippen molar-refractivity contribution in [1.82, 2.24) is 9.88 Å². The largest absolute Gasteiger partial charge is 0.391 e. The first-order valence-corrected chi connectivity index (χ1v) is 5.47. The number of carbonyl (C=O) groups is 1. The minimum absolute atomic E-state index is 0.129. The molecule has 1 aromatic heterocycles. The molecule has 0 aliphatic carbocycles. The molecule has 1 aliphatic heterocycles. The van der Waals surface area contributed by atoms with Crippen LogP contribution in [0.15, 0.2) is 12.1 Å². The highest BCUT2D eigenvalue weighted by atomic mass is 16.3. The minimum Gasteiger partial charge on any atom is -0.391 e. The number of aromatic nitrogens is 1. The van der Waals surface area contributed by atoms with Crippen molar-refractivity contribution in [2.24, 2.45) is 0 Å². The molecular formula is C12H13N3O2. The Morgan fingerprint density at radius 2 is 2.41 bits per heavy atom. The molecule has 17 heavy (non-hydrogen) atoms. The fourth-order valence-corrected chi connectivity index (χ4v) is 1.95. The SMILES string of the molecule is Cc1nc(C#N)ccc1C(=O)N1CC[C@H](O)C1. The van der Waals surface area contributed by atoms with E-state index in [4.69, 9.17) is 5.26 Å². The first kappa shape index (κ1) is 11.6. The molecule has 1 atom stereocenters. The zero-order chi connectivity index (χ0) is 12.4. The highest BCUT2D eigenvalue weighted by molar-refractivity contribution is 5.95. The maximum absolute atomic E-state index is 12.1. The molecule has 1 amide bonds. The number of likely N-dealkylation sites (tertiary alicyclic amines) is 1. The van der Waals surface area contributed by atoms with Crippen molar-refractivity contribution in [2.45, 2.75) is 19.4 Å². The summed E-state index contributed by atoms with van der Waals surface area (Å²) in [5.41, 5.74) is 1.36. The van der Waals surface area contributed by atoms with Crippen LogP contribution in [0.25, 0.3) is 0 Å². The van der Waals surface area contributed by atoms with Crippen molar-refractivity contribution in [3.63, 3.8) is 0 Å². The number of carbonyl (C=O) groups excluding carboxylic acids is 1. The molecule has 2 rings (SSSR count). The minimum atomic E-state index is -0.425. The summed E-state index contributed by atoms with van der Waals surface area (Å²) in [7, 11) is 0. The van der Waals surface area contributed by atoms with Gasteiger partial charge < -0.3 is 10.0 Å². The lowest BCUT2D eigenvalue weighted by molar-refractivity contribution is 0.0763. The van der Waals surface area contributed by atoms with Gasteiger partial charge >= 0.3 is 0 Å². The Labute approximate surface area is 99.3 Å². The van der Waals surface area contributed by atoms with Gasteiger partial charge in [0, 0.05) is 13.1 Å².